The van der Waals surface area contributed by atoms with E-state index >= 15 is 0 Å². The average molecular weight is 358 g/mol. The molecule has 0 atom stereocenters. The summed E-state index contributed by atoms with van der Waals surface area (Å²) in [6.45, 7) is 5.49. The van der Waals surface area contributed by atoms with E-state index in [4.69, 9.17) is 5.11 Å². The molecule has 0 saturated heterocycles. The van der Waals surface area contributed by atoms with Crippen LogP contribution in [0.25, 0.3) is 6.08 Å². The minimum atomic E-state index is -1.00. The number of hydrogen-bond donors (Lipinski definition) is 1. The van der Waals surface area contributed by atoms with Crippen LogP contribution in [0, 0.1) is 0 Å². The maximum atomic E-state index is 12.6. The zero-order valence-electron chi connectivity index (χ0n) is 13.9. The summed E-state index contributed by atoms with van der Waals surface area (Å²) in [6, 6.07) is 0. The van der Waals surface area contributed by atoms with E-state index in [-0.39, 0.29) is 24.2 Å². The Morgan fingerprint density at radius 3 is 2.96 bits per heavy atom. The number of aliphatic carboxylic acids is 1. The van der Waals surface area contributed by atoms with Gasteiger partial charge in [0.2, 0.25) is 0 Å². The second-order valence-electron chi connectivity index (χ2n) is 5.68. The van der Waals surface area contributed by atoms with Crippen LogP contribution in [0.5, 0.6) is 0 Å². The number of carbonyl (C=O) groups is 1. The Labute approximate surface area is 148 Å². The van der Waals surface area contributed by atoms with Gasteiger partial charge in [0.15, 0.2) is 0 Å². The Morgan fingerprint density at radius 1 is 1.52 bits per heavy atom. The van der Waals surface area contributed by atoms with E-state index < -0.39 is 5.97 Å². The summed E-state index contributed by atoms with van der Waals surface area (Å²) in [5.41, 5.74) is 1.63. The summed E-state index contributed by atoms with van der Waals surface area (Å²) in [4.78, 5) is 33.4. The van der Waals surface area contributed by atoms with Gasteiger partial charge in [-0.05, 0) is 32.1 Å². The van der Waals surface area contributed by atoms with Crippen LogP contribution in [0.3, 0.4) is 0 Å². The van der Waals surface area contributed by atoms with Gasteiger partial charge < -0.3 is 5.11 Å². The van der Waals surface area contributed by atoms with Crippen molar-refractivity contribution in [3.8, 4) is 0 Å². The first-order chi connectivity index (χ1) is 12.0. The molecule has 0 fully saturated rings. The lowest BCUT2D eigenvalue weighted by Crippen LogP contribution is -2.27. The second kappa shape index (κ2) is 7.10. The maximum Gasteiger partial charge on any atom is 0.309 e. The lowest BCUT2D eigenvalue weighted by atomic mass is 10.1. The lowest BCUT2D eigenvalue weighted by molar-refractivity contribution is -0.136. The summed E-state index contributed by atoms with van der Waals surface area (Å²) in [5, 5.41) is 14.2. The lowest BCUT2D eigenvalue weighted by Gasteiger charge is -2.11. The number of carboxylic acid groups (broad SMARTS) is 1. The zero-order valence-corrected chi connectivity index (χ0v) is 14.7. The minimum absolute atomic E-state index is 0.176. The van der Waals surface area contributed by atoms with Crippen LogP contribution >= 0.6 is 11.3 Å². The van der Waals surface area contributed by atoms with Crippen LogP contribution in [-0.4, -0.2) is 32.6 Å². The number of allylic oxidation sites excluding steroid dienone is 1. The van der Waals surface area contributed by atoms with Crippen LogP contribution in [0.1, 0.15) is 40.2 Å². The number of thiazole rings is 1. The Balaban J connectivity index is 2.04. The largest absolute Gasteiger partial charge is 0.481 e. The average Bonchev–Trinajstić information content (AvgIpc) is 2.99. The third kappa shape index (κ3) is 3.43. The van der Waals surface area contributed by atoms with E-state index in [9.17, 15) is 9.59 Å². The highest BCUT2D eigenvalue weighted by atomic mass is 32.1. The van der Waals surface area contributed by atoms with Gasteiger partial charge in [0.1, 0.15) is 10.7 Å². The Hall–Kier alpha value is -2.61. The van der Waals surface area contributed by atoms with Crippen molar-refractivity contribution in [2.75, 3.05) is 0 Å². The van der Waals surface area contributed by atoms with Crippen molar-refractivity contribution in [1.29, 1.82) is 0 Å². The number of hydrogen-bond acceptors (Lipinski definition) is 6. The molecule has 25 heavy (non-hydrogen) atoms. The van der Waals surface area contributed by atoms with Gasteiger partial charge in [-0.25, -0.2) is 9.67 Å². The first-order valence-corrected chi connectivity index (χ1v) is 8.81. The van der Waals surface area contributed by atoms with E-state index in [1.165, 1.54) is 9.56 Å². The van der Waals surface area contributed by atoms with Gasteiger partial charge in [-0.2, -0.15) is 5.10 Å². The van der Waals surface area contributed by atoms with E-state index in [2.05, 4.69) is 27.9 Å². The van der Waals surface area contributed by atoms with Crippen molar-refractivity contribution in [1.82, 2.24) is 14.8 Å². The van der Waals surface area contributed by atoms with Crippen LogP contribution < -0.4 is 5.56 Å². The molecule has 0 bridgehead atoms. The Morgan fingerprint density at radius 2 is 2.32 bits per heavy atom. The Kier molecular flexibility index (Phi) is 4.89. The molecule has 1 N–H and O–H groups in total. The highest BCUT2D eigenvalue weighted by Crippen LogP contribution is 2.26. The molecule has 0 saturated carbocycles. The predicted molar refractivity (Wildman–Crippen MR) is 97.0 cm³/mol. The monoisotopic (exact) mass is 358 g/mol. The second-order valence-corrected chi connectivity index (χ2v) is 6.84. The quantitative estimate of drug-likeness (QED) is 0.799. The van der Waals surface area contributed by atoms with Crippen molar-refractivity contribution in [2.45, 2.75) is 39.2 Å². The number of aliphatic imine (C=N–C) groups is 1. The van der Waals surface area contributed by atoms with E-state index in [1.54, 1.807) is 11.3 Å². The van der Waals surface area contributed by atoms with Crippen LogP contribution in [0.15, 0.2) is 15.9 Å². The SMILES string of the molecule is C=Nc1c(CC)c(CC(=O)O)nn(Cc2nc3c(s2)CCC=C3)c1=O. The van der Waals surface area contributed by atoms with Gasteiger partial charge in [0.25, 0.3) is 5.56 Å². The van der Waals surface area contributed by atoms with Crippen LogP contribution in [-0.2, 0) is 30.6 Å². The van der Waals surface area contributed by atoms with Crippen molar-refractivity contribution in [3.63, 3.8) is 0 Å². The molecule has 130 valence electrons. The normalized spacial score (nSPS) is 12.8. The molecule has 0 radical (unpaired) electrons. The fourth-order valence-corrected chi connectivity index (χ4v) is 3.95. The third-order valence-corrected chi connectivity index (χ3v) is 5.13. The molecule has 7 nitrogen and oxygen atoms in total. The Bertz CT molecular complexity index is 927. The molecule has 0 aromatic carbocycles. The number of rotatable bonds is 6. The zero-order chi connectivity index (χ0) is 18.0. The molecule has 1 aliphatic carbocycles. The summed E-state index contributed by atoms with van der Waals surface area (Å²) in [7, 11) is 0. The first kappa shape index (κ1) is 17.2. The molecular formula is C17H18N4O3S. The van der Waals surface area contributed by atoms with Gasteiger partial charge in [0, 0.05) is 10.4 Å². The molecule has 2 aromatic heterocycles. The molecule has 2 aromatic rings. The standard InChI is InChI=1S/C17H18N4O3S/c1-3-10-12(8-15(22)23)20-21(17(24)16(10)18-2)9-14-19-11-6-4-5-7-13(11)25-14/h4,6H,2-3,5,7-9H2,1H3,(H,22,23). The highest BCUT2D eigenvalue weighted by Gasteiger charge is 2.19. The number of aryl methyl sites for hydroxylation is 1. The molecule has 0 amide bonds. The molecule has 1 aliphatic rings. The van der Waals surface area contributed by atoms with Crippen molar-refractivity contribution in [2.24, 2.45) is 4.99 Å². The van der Waals surface area contributed by atoms with Gasteiger partial charge >= 0.3 is 5.97 Å². The van der Waals surface area contributed by atoms with Gasteiger partial charge in [-0.15, -0.1) is 11.3 Å². The van der Waals surface area contributed by atoms with Gasteiger partial charge in [-0.3, -0.25) is 14.6 Å². The number of carboxylic acids is 1. The van der Waals surface area contributed by atoms with E-state index in [0.717, 1.165) is 23.5 Å². The molecular weight excluding hydrogens is 340 g/mol. The molecule has 8 heteroatoms. The maximum absolute atomic E-state index is 12.6. The number of fused-ring (bicyclic) bond motifs is 1. The molecule has 0 aliphatic heterocycles. The minimum Gasteiger partial charge on any atom is -0.481 e. The fourth-order valence-electron chi connectivity index (χ4n) is 2.89. The van der Waals surface area contributed by atoms with E-state index in [0.29, 0.717) is 17.7 Å². The molecule has 0 unspecified atom stereocenters. The first-order valence-electron chi connectivity index (χ1n) is 8.00. The summed E-state index contributed by atoms with van der Waals surface area (Å²) >= 11 is 1.56. The summed E-state index contributed by atoms with van der Waals surface area (Å²) in [5.74, 6) is -1.00. The molecule has 3 rings (SSSR count). The fraction of sp³-hybridized carbons (Fsp3) is 0.353. The topological polar surface area (TPSA) is 97.4 Å². The third-order valence-electron chi connectivity index (χ3n) is 4.01. The number of nitrogens with zero attached hydrogens (tertiary/aromatic N) is 4. The van der Waals surface area contributed by atoms with Crippen molar-refractivity contribution < 1.29 is 9.90 Å². The summed E-state index contributed by atoms with van der Waals surface area (Å²) < 4.78 is 1.25. The number of aromatic nitrogens is 3. The molecule has 2 heterocycles. The smallest absolute Gasteiger partial charge is 0.309 e. The van der Waals surface area contributed by atoms with E-state index in [1.807, 2.05) is 13.0 Å². The predicted octanol–water partition coefficient (Wildman–Crippen LogP) is 2.23. The van der Waals surface area contributed by atoms with Crippen molar-refractivity contribution in [3.05, 3.63) is 43.3 Å². The molecule has 0 spiro atoms. The van der Waals surface area contributed by atoms with Crippen LogP contribution in [0.4, 0.5) is 5.69 Å². The highest BCUT2D eigenvalue weighted by molar-refractivity contribution is 7.11. The van der Waals surface area contributed by atoms with Gasteiger partial charge in [-0.1, -0.05) is 13.0 Å². The summed E-state index contributed by atoms with van der Waals surface area (Å²) in [6.07, 6.45) is 6.22. The van der Waals surface area contributed by atoms with Gasteiger partial charge in [0.05, 0.1) is 24.4 Å². The van der Waals surface area contributed by atoms with Crippen LogP contribution in [0.2, 0.25) is 0 Å². The van der Waals surface area contributed by atoms with Crippen molar-refractivity contribution >= 4 is 35.8 Å².